The van der Waals surface area contributed by atoms with Gasteiger partial charge in [-0.05, 0) is 18.6 Å². The van der Waals surface area contributed by atoms with Crippen LogP contribution in [0.15, 0.2) is 18.3 Å². The summed E-state index contributed by atoms with van der Waals surface area (Å²) in [6.45, 7) is 3.24. The van der Waals surface area contributed by atoms with E-state index in [4.69, 9.17) is 16.9 Å². The van der Waals surface area contributed by atoms with Crippen molar-refractivity contribution in [2.45, 2.75) is 13.5 Å². The van der Waals surface area contributed by atoms with E-state index in [-0.39, 0.29) is 0 Å². The minimum absolute atomic E-state index is 0.476. The highest BCUT2D eigenvalue weighted by Gasteiger charge is 2.00. The van der Waals surface area contributed by atoms with E-state index in [0.717, 1.165) is 5.56 Å². The highest BCUT2D eigenvalue weighted by molar-refractivity contribution is 6.29. The molecule has 0 saturated heterocycles. The Bertz CT molecular complexity index is 302. The van der Waals surface area contributed by atoms with Gasteiger partial charge in [0.25, 0.3) is 0 Å². The number of aromatic nitrogens is 1. The van der Waals surface area contributed by atoms with Gasteiger partial charge in [0.1, 0.15) is 5.15 Å². The van der Waals surface area contributed by atoms with Gasteiger partial charge >= 0.3 is 0 Å². The summed E-state index contributed by atoms with van der Waals surface area (Å²) in [6, 6.07) is 3.59. The van der Waals surface area contributed by atoms with Crippen LogP contribution >= 0.6 is 11.6 Å². The zero-order valence-corrected chi connectivity index (χ0v) is 8.12. The van der Waals surface area contributed by atoms with Crippen LogP contribution in [0.2, 0.25) is 5.15 Å². The highest BCUT2D eigenvalue weighted by Crippen LogP contribution is 2.07. The lowest BCUT2D eigenvalue weighted by Crippen LogP contribution is -2.16. The van der Waals surface area contributed by atoms with Crippen LogP contribution in [0.25, 0.3) is 0 Å². The molecule has 1 aromatic heterocycles. The van der Waals surface area contributed by atoms with Gasteiger partial charge in [-0.2, -0.15) is 5.26 Å². The van der Waals surface area contributed by atoms with Gasteiger partial charge in [0.05, 0.1) is 6.54 Å². The molecule has 0 saturated carbocycles. The molecular formula is C9H10ClN3. The van der Waals surface area contributed by atoms with E-state index in [2.05, 4.69) is 11.2 Å². The molecule has 0 fully saturated rings. The van der Waals surface area contributed by atoms with Crippen LogP contribution in [0.1, 0.15) is 12.5 Å². The van der Waals surface area contributed by atoms with E-state index < -0.39 is 0 Å². The second-order valence-corrected chi connectivity index (χ2v) is 2.99. The van der Waals surface area contributed by atoms with Crippen LogP contribution in [0.4, 0.5) is 0 Å². The third-order valence-electron chi connectivity index (χ3n) is 1.69. The highest BCUT2D eigenvalue weighted by atomic mass is 35.5. The van der Waals surface area contributed by atoms with Gasteiger partial charge < -0.3 is 4.90 Å². The molecule has 3 nitrogen and oxygen atoms in total. The van der Waals surface area contributed by atoms with Crippen molar-refractivity contribution in [3.05, 3.63) is 29.0 Å². The summed E-state index contributed by atoms with van der Waals surface area (Å²) in [6.07, 6.45) is 3.77. The van der Waals surface area contributed by atoms with Crippen LogP contribution < -0.4 is 0 Å². The van der Waals surface area contributed by atoms with E-state index in [9.17, 15) is 0 Å². The van der Waals surface area contributed by atoms with Gasteiger partial charge in [-0.3, -0.25) is 0 Å². The lowest BCUT2D eigenvalue weighted by atomic mass is 10.3. The van der Waals surface area contributed by atoms with Crippen molar-refractivity contribution in [1.82, 2.24) is 9.88 Å². The van der Waals surface area contributed by atoms with E-state index in [1.54, 1.807) is 17.2 Å². The molecule has 0 N–H and O–H groups in total. The molecule has 0 aromatic carbocycles. The lowest BCUT2D eigenvalue weighted by molar-refractivity contribution is 0.406. The summed E-state index contributed by atoms with van der Waals surface area (Å²) in [7, 11) is 0. The van der Waals surface area contributed by atoms with Crippen molar-refractivity contribution in [2.75, 3.05) is 6.54 Å². The fraction of sp³-hybridized carbons (Fsp3) is 0.333. The van der Waals surface area contributed by atoms with E-state index in [1.807, 2.05) is 13.0 Å². The molecule has 68 valence electrons. The average Bonchev–Trinajstić information content (AvgIpc) is 2.17. The predicted octanol–water partition coefficient (Wildman–Crippen LogP) is 2.04. The van der Waals surface area contributed by atoms with Crippen molar-refractivity contribution in [1.29, 1.82) is 5.26 Å². The summed E-state index contributed by atoms with van der Waals surface area (Å²) in [4.78, 5) is 5.57. The number of hydrogen-bond acceptors (Lipinski definition) is 3. The first-order valence-electron chi connectivity index (χ1n) is 4.01. The third-order valence-corrected chi connectivity index (χ3v) is 1.91. The molecular weight excluding hydrogens is 186 g/mol. The minimum Gasteiger partial charge on any atom is -0.306 e. The Morgan fingerprint density at radius 3 is 2.85 bits per heavy atom. The van der Waals surface area contributed by atoms with Crippen LogP contribution in [-0.4, -0.2) is 16.4 Å². The second-order valence-electron chi connectivity index (χ2n) is 2.60. The largest absolute Gasteiger partial charge is 0.306 e. The molecule has 1 aromatic rings. The number of pyridine rings is 1. The molecule has 1 rings (SSSR count). The standard InChI is InChI=1S/C9H10ClN3/c1-2-13(7-11)6-8-3-4-9(10)12-5-8/h3-5H,2,6H2,1H3. The fourth-order valence-corrected chi connectivity index (χ4v) is 1.05. The number of hydrogen-bond donors (Lipinski definition) is 0. The summed E-state index contributed by atoms with van der Waals surface area (Å²) in [5, 5.41) is 9.15. The number of nitriles is 1. The van der Waals surface area contributed by atoms with Crippen molar-refractivity contribution in [3.8, 4) is 6.19 Å². The Morgan fingerprint density at radius 2 is 2.38 bits per heavy atom. The first-order chi connectivity index (χ1) is 6.26. The maximum atomic E-state index is 8.67. The Labute approximate surface area is 82.6 Å². The SMILES string of the molecule is CCN(C#N)Cc1ccc(Cl)nc1. The van der Waals surface area contributed by atoms with Gasteiger partial charge in [0.2, 0.25) is 0 Å². The van der Waals surface area contributed by atoms with E-state index in [1.165, 1.54) is 0 Å². The molecule has 4 heteroatoms. The molecule has 0 radical (unpaired) electrons. The van der Waals surface area contributed by atoms with E-state index in [0.29, 0.717) is 18.2 Å². The Hall–Kier alpha value is -1.27. The molecule has 0 aliphatic heterocycles. The lowest BCUT2D eigenvalue weighted by Gasteiger charge is -2.11. The molecule has 0 aliphatic carbocycles. The first kappa shape index (κ1) is 9.82. The minimum atomic E-state index is 0.476. The first-order valence-corrected chi connectivity index (χ1v) is 4.39. The maximum Gasteiger partial charge on any atom is 0.179 e. The summed E-state index contributed by atoms with van der Waals surface area (Å²) in [5.74, 6) is 0. The quantitative estimate of drug-likeness (QED) is 0.421. The summed E-state index contributed by atoms with van der Waals surface area (Å²) in [5.41, 5.74) is 0.993. The van der Waals surface area contributed by atoms with Crippen molar-refractivity contribution >= 4 is 11.6 Å². The molecule has 0 atom stereocenters. The number of nitrogens with zero attached hydrogens (tertiary/aromatic N) is 3. The topological polar surface area (TPSA) is 39.9 Å². The molecule has 0 bridgehead atoms. The van der Waals surface area contributed by atoms with E-state index >= 15 is 0 Å². The zero-order chi connectivity index (χ0) is 9.68. The van der Waals surface area contributed by atoms with Crippen LogP contribution in [0.5, 0.6) is 0 Å². The van der Waals surface area contributed by atoms with Gasteiger partial charge in [0, 0.05) is 12.7 Å². The Kier molecular flexibility index (Phi) is 3.53. The number of rotatable bonds is 3. The monoisotopic (exact) mass is 195 g/mol. The van der Waals surface area contributed by atoms with Crippen LogP contribution in [0, 0.1) is 11.5 Å². The second kappa shape index (κ2) is 4.68. The predicted molar refractivity (Wildman–Crippen MR) is 50.9 cm³/mol. The molecule has 0 aliphatic rings. The smallest absolute Gasteiger partial charge is 0.179 e. The molecule has 1 heterocycles. The van der Waals surface area contributed by atoms with Gasteiger partial charge in [-0.25, -0.2) is 4.98 Å². The summed E-state index contributed by atoms with van der Waals surface area (Å²) < 4.78 is 0. The van der Waals surface area contributed by atoms with Crippen molar-refractivity contribution in [3.63, 3.8) is 0 Å². The van der Waals surface area contributed by atoms with Crippen molar-refractivity contribution in [2.24, 2.45) is 0 Å². The molecule has 13 heavy (non-hydrogen) atoms. The van der Waals surface area contributed by atoms with Crippen molar-refractivity contribution < 1.29 is 0 Å². The zero-order valence-electron chi connectivity index (χ0n) is 7.37. The summed E-state index contributed by atoms with van der Waals surface area (Å²) >= 11 is 5.63. The Balaban J connectivity index is 2.64. The maximum absolute atomic E-state index is 8.67. The average molecular weight is 196 g/mol. The third kappa shape index (κ3) is 2.92. The molecule has 0 spiro atoms. The number of halogens is 1. The van der Waals surface area contributed by atoms with Gasteiger partial charge in [-0.1, -0.05) is 17.7 Å². The molecule has 0 amide bonds. The van der Waals surface area contributed by atoms with Crippen LogP contribution in [-0.2, 0) is 6.54 Å². The van der Waals surface area contributed by atoms with Gasteiger partial charge in [-0.15, -0.1) is 0 Å². The fourth-order valence-electron chi connectivity index (χ4n) is 0.938. The van der Waals surface area contributed by atoms with Crippen LogP contribution in [0.3, 0.4) is 0 Å². The normalized spacial score (nSPS) is 9.31. The Morgan fingerprint density at radius 1 is 1.62 bits per heavy atom. The van der Waals surface area contributed by atoms with Gasteiger partial charge in [0.15, 0.2) is 6.19 Å². The molecule has 0 unspecified atom stereocenters.